The zero-order valence-electron chi connectivity index (χ0n) is 17.9. The second-order valence-corrected chi connectivity index (χ2v) is 8.11. The average molecular weight is 446 g/mol. The SMILES string of the molecule is CN(Cc1ccco1)C(=O)c1nn(C)c2c1CC(NCc1ccccc1C(F)(F)F)CC2. The van der Waals surface area contributed by atoms with Gasteiger partial charge in [-0.1, -0.05) is 18.2 Å². The standard InChI is InChI=1S/C23H25F3N4O2/c1-29(14-17-7-5-11-32-17)22(31)21-18-12-16(9-10-20(18)30(2)28-21)27-13-15-6-3-4-8-19(15)23(24,25)26/h3-8,11,16,27H,9-10,12-14H2,1-2H3. The van der Waals surface area contributed by atoms with Crippen molar-refractivity contribution in [2.75, 3.05) is 7.05 Å². The van der Waals surface area contributed by atoms with E-state index < -0.39 is 11.7 Å². The Labute approximate surface area is 184 Å². The summed E-state index contributed by atoms with van der Waals surface area (Å²) in [6.07, 6.45) is -0.834. The topological polar surface area (TPSA) is 63.3 Å². The summed E-state index contributed by atoms with van der Waals surface area (Å²) >= 11 is 0. The maximum atomic E-state index is 13.3. The van der Waals surface area contributed by atoms with Gasteiger partial charge in [0.2, 0.25) is 0 Å². The van der Waals surface area contributed by atoms with Gasteiger partial charge in [-0.2, -0.15) is 18.3 Å². The number of furan rings is 1. The normalized spacial score (nSPS) is 16.1. The van der Waals surface area contributed by atoms with Crippen LogP contribution in [0, 0.1) is 0 Å². The number of aryl methyl sites for hydroxylation is 1. The number of halogens is 3. The second kappa shape index (κ2) is 8.82. The van der Waals surface area contributed by atoms with Gasteiger partial charge in [0.25, 0.3) is 5.91 Å². The minimum atomic E-state index is -4.39. The molecule has 2 aromatic heterocycles. The van der Waals surface area contributed by atoms with Gasteiger partial charge in [0.05, 0.1) is 18.4 Å². The summed E-state index contributed by atoms with van der Waals surface area (Å²) in [5.41, 5.74) is 1.83. The lowest BCUT2D eigenvalue weighted by molar-refractivity contribution is -0.138. The van der Waals surface area contributed by atoms with E-state index in [4.69, 9.17) is 4.42 Å². The summed E-state index contributed by atoms with van der Waals surface area (Å²) in [5, 5.41) is 7.72. The van der Waals surface area contributed by atoms with Crippen LogP contribution in [0.3, 0.4) is 0 Å². The van der Waals surface area contributed by atoms with Crippen LogP contribution in [0.1, 0.15) is 45.1 Å². The summed E-state index contributed by atoms with van der Waals surface area (Å²) in [4.78, 5) is 14.6. The van der Waals surface area contributed by atoms with Crippen LogP contribution in [0.25, 0.3) is 0 Å². The van der Waals surface area contributed by atoms with E-state index in [1.54, 1.807) is 41.1 Å². The zero-order chi connectivity index (χ0) is 22.9. The molecule has 0 saturated carbocycles. The van der Waals surface area contributed by atoms with Crippen molar-refractivity contribution in [2.24, 2.45) is 7.05 Å². The molecule has 0 saturated heterocycles. The molecule has 3 aromatic rings. The van der Waals surface area contributed by atoms with Gasteiger partial charge in [-0.05, 0) is 43.0 Å². The number of amides is 1. The number of fused-ring (bicyclic) bond motifs is 1. The third kappa shape index (κ3) is 4.57. The summed E-state index contributed by atoms with van der Waals surface area (Å²) < 4.78 is 46.9. The molecule has 0 spiro atoms. The van der Waals surface area contributed by atoms with Crippen molar-refractivity contribution >= 4 is 5.91 Å². The average Bonchev–Trinajstić information content (AvgIpc) is 3.39. The van der Waals surface area contributed by atoms with E-state index in [0.717, 1.165) is 23.7 Å². The van der Waals surface area contributed by atoms with Gasteiger partial charge < -0.3 is 14.6 Å². The van der Waals surface area contributed by atoms with Gasteiger partial charge in [0.15, 0.2) is 5.69 Å². The highest BCUT2D eigenvalue weighted by molar-refractivity contribution is 5.94. The largest absolute Gasteiger partial charge is 0.467 e. The molecule has 2 heterocycles. The minimum absolute atomic E-state index is 0.0464. The monoisotopic (exact) mass is 446 g/mol. The smallest absolute Gasteiger partial charge is 0.416 e. The fraction of sp³-hybridized carbons (Fsp3) is 0.391. The van der Waals surface area contributed by atoms with E-state index in [-0.39, 0.29) is 24.1 Å². The molecule has 6 nitrogen and oxygen atoms in total. The number of aromatic nitrogens is 2. The van der Waals surface area contributed by atoms with Crippen molar-refractivity contribution in [1.29, 1.82) is 0 Å². The maximum Gasteiger partial charge on any atom is 0.416 e. The fourth-order valence-electron chi connectivity index (χ4n) is 4.23. The van der Waals surface area contributed by atoms with Crippen LogP contribution in [0.4, 0.5) is 13.2 Å². The fourth-order valence-corrected chi connectivity index (χ4v) is 4.23. The summed E-state index contributed by atoms with van der Waals surface area (Å²) in [7, 11) is 3.51. The van der Waals surface area contributed by atoms with Crippen LogP contribution in [-0.4, -0.2) is 33.7 Å². The van der Waals surface area contributed by atoms with Crippen LogP contribution < -0.4 is 5.32 Å². The molecule has 0 radical (unpaired) electrons. The molecule has 1 N–H and O–H groups in total. The number of hydrogen-bond donors (Lipinski definition) is 1. The molecule has 9 heteroatoms. The molecule has 1 aliphatic rings. The Balaban J connectivity index is 1.47. The molecule has 0 bridgehead atoms. The van der Waals surface area contributed by atoms with E-state index in [0.29, 0.717) is 30.8 Å². The van der Waals surface area contributed by atoms with E-state index in [2.05, 4.69) is 10.4 Å². The van der Waals surface area contributed by atoms with Crippen LogP contribution in [0.15, 0.2) is 47.1 Å². The number of nitrogens with zero attached hydrogens (tertiary/aromatic N) is 3. The van der Waals surface area contributed by atoms with Crippen LogP contribution in [0.2, 0.25) is 0 Å². The van der Waals surface area contributed by atoms with Crippen molar-refractivity contribution in [3.63, 3.8) is 0 Å². The minimum Gasteiger partial charge on any atom is -0.467 e. The Morgan fingerprint density at radius 2 is 2.06 bits per heavy atom. The first kappa shape index (κ1) is 22.1. The number of carbonyl (C=O) groups is 1. The molecular formula is C23H25F3N4O2. The van der Waals surface area contributed by atoms with Gasteiger partial charge in [-0.3, -0.25) is 9.48 Å². The molecule has 0 aliphatic heterocycles. The van der Waals surface area contributed by atoms with E-state index in [1.165, 1.54) is 12.1 Å². The lowest BCUT2D eigenvalue weighted by Crippen LogP contribution is -2.36. The highest BCUT2D eigenvalue weighted by atomic mass is 19.4. The number of hydrogen-bond acceptors (Lipinski definition) is 4. The lowest BCUT2D eigenvalue weighted by Gasteiger charge is -2.25. The molecule has 1 aliphatic carbocycles. The lowest BCUT2D eigenvalue weighted by atomic mass is 9.90. The molecule has 1 atom stereocenters. The van der Waals surface area contributed by atoms with E-state index in [9.17, 15) is 18.0 Å². The quantitative estimate of drug-likeness (QED) is 0.623. The third-order valence-electron chi connectivity index (χ3n) is 5.88. The third-order valence-corrected chi connectivity index (χ3v) is 5.88. The Bertz CT molecular complexity index is 1090. The number of carbonyl (C=O) groups excluding carboxylic acids is 1. The van der Waals surface area contributed by atoms with Crippen molar-refractivity contribution in [3.8, 4) is 0 Å². The molecule has 170 valence electrons. The van der Waals surface area contributed by atoms with Crippen molar-refractivity contribution < 1.29 is 22.4 Å². The maximum absolute atomic E-state index is 13.3. The molecule has 32 heavy (non-hydrogen) atoms. The van der Waals surface area contributed by atoms with Gasteiger partial charge in [-0.25, -0.2) is 0 Å². The van der Waals surface area contributed by atoms with Gasteiger partial charge >= 0.3 is 6.18 Å². The molecule has 1 amide bonds. The molecule has 4 rings (SSSR count). The highest BCUT2D eigenvalue weighted by Crippen LogP contribution is 2.32. The number of benzene rings is 1. The molecular weight excluding hydrogens is 421 g/mol. The van der Waals surface area contributed by atoms with E-state index in [1.807, 2.05) is 7.05 Å². The first-order valence-electron chi connectivity index (χ1n) is 10.4. The van der Waals surface area contributed by atoms with Crippen LogP contribution in [0.5, 0.6) is 0 Å². The predicted molar refractivity (Wildman–Crippen MR) is 112 cm³/mol. The number of rotatable bonds is 6. The highest BCUT2D eigenvalue weighted by Gasteiger charge is 2.33. The zero-order valence-corrected chi connectivity index (χ0v) is 17.9. The van der Waals surface area contributed by atoms with Crippen molar-refractivity contribution in [2.45, 2.75) is 44.6 Å². The van der Waals surface area contributed by atoms with Crippen molar-refractivity contribution in [3.05, 3.63) is 76.5 Å². The summed E-state index contributed by atoms with van der Waals surface area (Å²) in [6, 6.07) is 9.12. The first-order chi connectivity index (χ1) is 15.2. The molecule has 1 aromatic carbocycles. The first-order valence-corrected chi connectivity index (χ1v) is 10.4. The Morgan fingerprint density at radius 1 is 1.28 bits per heavy atom. The number of nitrogens with one attached hydrogen (secondary N) is 1. The number of alkyl halides is 3. The van der Waals surface area contributed by atoms with Crippen LogP contribution >= 0.6 is 0 Å². The Morgan fingerprint density at radius 3 is 2.78 bits per heavy atom. The van der Waals surface area contributed by atoms with Crippen molar-refractivity contribution in [1.82, 2.24) is 20.0 Å². The van der Waals surface area contributed by atoms with Crippen LogP contribution in [-0.2, 0) is 39.2 Å². The second-order valence-electron chi connectivity index (χ2n) is 8.11. The summed E-state index contributed by atoms with van der Waals surface area (Å²) in [6.45, 7) is 0.435. The molecule has 0 fully saturated rings. The predicted octanol–water partition coefficient (Wildman–Crippen LogP) is 3.95. The summed E-state index contributed by atoms with van der Waals surface area (Å²) in [5.74, 6) is 0.467. The van der Waals surface area contributed by atoms with Gasteiger partial charge in [0.1, 0.15) is 5.76 Å². The van der Waals surface area contributed by atoms with Gasteiger partial charge in [0, 0.05) is 37.9 Å². The Hall–Kier alpha value is -3.07. The Kier molecular flexibility index (Phi) is 6.10. The van der Waals surface area contributed by atoms with Gasteiger partial charge in [-0.15, -0.1) is 0 Å². The van der Waals surface area contributed by atoms with E-state index >= 15 is 0 Å². The molecule has 1 unspecified atom stereocenters.